The zero-order chi connectivity index (χ0) is 42.1. The minimum absolute atomic E-state index is 0.169. The van der Waals surface area contributed by atoms with Gasteiger partial charge in [-0.05, 0) is 154 Å². The third kappa shape index (κ3) is 6.74. The maximum atomic E-state index is 3.38. The van der Waals surface area contributed by atoms with Crippen molar-refractivity contribution in [2.75, 3.05) is 0 Å². The van der Waals surface area contributed by atoms with Crippen LogP contribution < -0.4 is 0 Å². The zero-order valence-electron chi connectivity index (χ0n) is 40.6. The highest BCUT2D eigenvalue weighted by Crippen LogP contribution is 2.71. The van der Waals surface area contributed by atoms with Gasteiger partial charge in [-0.3, -0.25) is 9.80 Å². The number of hydrogen-bond donors (Lipinski definition) is 0. The Morgan fingerprint density at radius 1 is 0.750 bits per heavy atom. The number of hydrogen-bond acceptors (Lipinski definition) is 2. The van der Waals surface area contributed by atoms with Gasteiger partial charge in [-0.2, -0.15) is 0 Å². The molecule has 2 saturated carbocycles. The van der Waals surface area contributed by atoms with Crippen LogP contribution in [0.3, 0.4) is 0 Å². The van der Waals surface area contributed by atoms with Gasteiger partial charge in [0.15, 0.2) is 6.71 Å². The first-order valence-corrected chi connectivity index (χ1v) is 26.2. The molecule has 5 fully saturated rings. The Labute approximate surface area is 369 Å². The summed E-state index contributed by atoms with van der Waals surface area (Å²) < 4.78 is 0. The van der Waals surface area contributed by atoms with Gasteiger partial charge in [0.25, 0.3) is 0 Å². The van der Waals surface area contributed by atoms with E-state index in [1.807, 2.05) is 16.6 Å². The van der Waals surface area contributed by atoms with E-state index in [-0.39, 0.29) is 21.8 Å². The molecule has 60 heavy (non-hydrogen) atoms. The fourth-order valence-electron chi connectivity index (χ4n) is 16.9. The molecular weight excluding hydrogens is 723 g/mol. The molecule has 3 saturated heterocycles. The first kappa shape index (κ1) is 42.4. The van der Waals surface area contributed by atoms with Crippen LogP contribution in [0.1, 0.15) is 192 Å². The summed E-state index contributed by atoms with van der Waals surface area (Å²) in [5.74, 6) is 4.40. The standard InChI is InChI=1S/C57H87BN2/c1-53(2,3)41-25-26-48-46(36-41)58-47-30-39(37-21-15-12-16-22-37)29-45-52(47)60(56(10,11)57(45)27-19-14-20-28-57)50-32-40(38-23-17-13-18-24-38)31-49(51(50)58)59(48)44-34-42(54(4,5)6)33-43(35-44)55(7,8)9/h13,17,25,29,31,33,36-39,42,44,47-52H,12,14-16,18-24,26-28,30,32,34-35H2,1-11H3. The van der Waals surface area contributed by atoms with Crippen molar-refractivity contribution in [2.45, 2.75) is 239 Å². The van der Waals surface area contributed by atoms with Gasteiger partial charge in [-0.15, -0.1) is 0 Å². The summed E-state index contributed by atoms with van der Waals surface area (Å²) in [5, 5.41) is 0. The molecule has 10 rings (SSSR count). The maximum Gasteiger partial charge on any atom is 0.184 e. The molecule has 328 valence electrons. The molecular formula is C57H87BN2. The van der Waals surface area contributed by atoms with E-state index in [9.17, 15) is 0 Å². The molecule has 3 heteroatoms. The summed E-state index contributed by atoms with van der Waals surface area (Å²) in [6.45, 7) is 28.9. The molecule has 3 heterocycles. The lowest BCUT2D eigenvalue weighted by molar-refractivity contribution is -0.0300. The first-order chi connectivity index (χ1) is 28.4. The van der Waals surface area contributed by atoms with Crippen molar-refractivity contribution in [3.8, 4) is 0 Å². The van der Waals surface area contributed by atoms with Gasteiger partial charge in [0.2, 0.25) is 0 Å². The second-order valence-corrected chi connectivity index (χ2v) is 26.5. The van der Waals surface area contributed by atoms with Gasteiger partial charge in [0, 0.05) is 41.2 Å². The Kier molecular flexibility index (Phi) is 10.6. The van der Waals surface area contributed by atoms with Crippen molar-refractivity contribution >= 4 is 6.71 Å². The molecule has 1 spiro atoms. The van der Waals surface area contributed by atoms with Crippen molar-refractivity contribution in [1.82, 2.24) is 9.80 Å². The summed E-state index contributed by atoms with van der Waals surface area (Å²) in [6.07, 6.45) is 44.4. The molecule has 10 atom stereocenters. The fraction of sp³-hybridized carbons (Fsp3) is 0.789. The van der Waals surface area contributed by atoms with Crippen LogP contribution in [0.25, 0.3) is 0 Å². The average Bonchev–Trinajstić information content (AvgIpc) is 3.40. The molecule has 0 radical (unpaired) electrons. The van der Waals surface area contributed by atoms with Crippen LogP contribution in [0.2, 0.25) is 11.6 Å². The van der Waals surface area contributed by atoms with E-state index >= 15 is 0 Å². The second kappa shape index (κ2) is 15.0. The van der Waals surface area contributed by atoms with Gasteiger partial charge >= 0.3 is 0 Å². The molecule has 10 aliphatic rings. The van der Waals surface area contributed by atoms with Crippen LogP contribution in [-0.4, -0.2) is 52.3 Å². The van der Waals surface area contributed by atoms with Gasteiger partial charge in [-0.25, -0.2) is 0 Å². The number of rotatable bonds is 3. The van der Waals surface area contributed by atoms with E-state index in [0.29, 0.717) is 54.1 Å². The van der Waals surface area contributed by atoms with E-state index in [4.69, 9.17) is 0 Å². The van der Waals surface area contributed by atoms with Crippen LogP contribution >= 0.6 is 0 Å². The van der Waals surface area contributed by atoms with Crippen LogP contribution in [0.15, 0.2) is 70.3 Å². The van der Waals surface area contributed by atoms with Crippen LogP contribution in [0.5, 0.6) is 0 Å². The summed E-state index contributed by atoms with van der Waals surface area (Å²) in [5.41, 5.74) is 10.3. The smallest absolute Gasteiger partial charge is 0.184 e. The Bertz CT molecular complexity index is 1850. The van der Waals surface area contributed by atoms with E-state index < -0.39 is 0 Å². The minimum Gasteiger partial charge on any atom is -0.288 e. The van der Waals surface area contributed by atoms with Crippen molar-refractivity contribution < 1.29 is 0 Å². The topological polar surface area (TPSA) is 6.48 Å². The molecule has 0 bridgehead atoms. The monoisotopic (exact) mass is 811 g/mol. The zero-order valence-corrected chi connectivity index (χ0v) is 40.6. The van der Waals surface area contributed by atoms with Crippen LogP contribution in [-0.2, 0) is 0 Å². The third-order valence-electron chi connectivity index (χ3n) is 20.1. The number of fused-ring (bicyclic) bond motifs is 5. The molecule has 0 aromatic carbocycles. The van der Waals surface area contributed by atoms with Crippen LogP contribution in [0, 0.1) is 45.3 Å². The predicted molar refractivity (Wildman–Crippen MR) is 257 cm³/mol. The SMILES string of the molecule is CC(C)(C)C1=CCC2C(=C1)B1C3CC(C4CCCCC4)C=C4C3N(C3CC(C5CC=CCC5)=CC(C13)N2C1CC(C(C)(C)C)=CC(C(C)(C)C)C1)C(C)(C)C41CCCCC1. The normalized spacial score (nSPS) is 39.5. The quantitative estimate of drug-likeness (QED) is 0.207. The van der Waals surface area contributed by atoms with Crippen molar-refractivity contribution in [3.05, 3.63) is 70.3 Å². The van der Waals surface area contributed by atoms with Gasteiger partial charge in [-0.1, -0.05) is 160 Å². The molecule has 10 unspecified atom stereocenters. The van der Waals surface area contributed by atoms with E-state index in [1.54, 1.807) is 11.1 Å². The van der Waals surface area contributed by atoms with E-state index in [0.717, 1.165) is 23.6 Å². The lowest BCUT2D eigenvalue weighted by atomic mass is 9.21. The first-order valence-electron chi connectivity index (χ1n) is 26.2. The highest BCUT2D eigenvalue weighted by molar-refractivity contribution is 6.71. The Morgan fingerprint density at radius 3 is 2.15 bits per heavy atom. The third-order valence-corrected chi connectivity index (χ3v) is 20.1. The molecule has 0 aromatic rings. The lowest BCUT2D eigenvalue weighted by Gasteiger charge is -2.66. The van der Waals surface area contributed by atoms with E-state index in [2.05, 4.69) is 128 Å². The van der Waals surface area contributed by atoms with Gasteiger partial charge < -0.3 is 0 Å². The average molecular weight is 811 g/mol. The van der Waals surface area contributed by atoms with Crippen molar-refractivity contribution in [2.24, 2.45) is 45.3 Å². The molecule has 7 aliphatic carbocycles. The number of nitrogens with zero attached hydrogens (tertiary/aromatic N) is 2. The summed E-state index contributed by atoms with van der Waals surface area (Å²) in [4.78, 5) is 6.69. The Hall–Kier alpha value is -1.58. The molecule has 3 aliphatic heterocycles. The van der Waals surface area contributed by atoms with Crippen molar-refractivity contribution in [1.29, 1.82) is 0 Å². The van der Waals surface area contributed by atoms with Gasteiger partial charge in [0.1, 0.15) is 0 Å². The Balaban J connectivity index is 1.19. The summed E-state index contributed by atoms with van der Waals surface area (Å²) >= 11 is 0. The Morgan fingerprint density at radius 2 is 1.48 bits per heavy atom. The lowest BCUT2D eigenvalue weighted by Crippen LogP contribution is -2.72. The van der Waals surface area contributed by atoms with E-state index in [1.165, 1.54) is 116 Å². The number of allylic oxidation sites excluding steroid dienone is 6. The largest absolute Gasteiger partial charge is 0.288 e. The maximum absolute atomic E-state index is 3.38. The molecule has 2 nitrogen and oxygen atoms in total. The molecule has 0 N–H and O–H groups in total. The summed E-state index contributed by atoms with van der Waals surface area (Å²) in [6, 6.07) is 2.86. The highest BCUT2D eigenvalue weighted by Gasteiger charge is 2.72. The fourth-order valence-corrected chi connectivity index (χ4v) is 16.9. The highest BCUT2D eigenvalue weighted by atomic mass is 15.3. The minimum atomic E-state index is 0.169. The predicted octanol–water partition coefficient (Wildman–Crippen LogP) is 14.9. The van der Waals surface area contributed by atoms with Gasteiger partial charge in [0.05, 0.1) is 0 Å². The second-order valence-electron chi connectivity index (χ2n) is 26.5. The molecule has 0 aromatic heterocycles. The van der Waals surface area contributed by atoms with Crippen molar-refractivity contribution in [3.63, 3.8) is 0 Å². The molecule has 0 amide bonds. The summed E-state index contributed by atoms with van der Waals surface area (Å²) in [7, 11) is 0. The van der Waals surface area contributed by atoms with Crippen LogP contribution in [0.4, 0.5) is 0 Å².